The number of nitro benzene ring substituents is 1. The molecule has 2 aromatic carbocycles. The van der Waals surface area contributed by atoms with Gasteiger partial charge in [-0.1, -0.05) is 6.07 Å². The SMILES string of the molecule is Cc1cc(S(=O)(=O)Nc2cccc3[nH]cnc23)ccc1[N+](=O)[O-]. The standard InChI is InChI=1S/C14H12N4O4S/c1-9-7-10(5-6-13(9)18(19)20)23(21,22)17-12-4-2-3-11-14(12)16-8-15-11/h2-8,17H,1H3,(H,15,16). The highest BCUT2D eigenvalue weighted by molar-refractivity contribution is 7.92. The molecular weight excluding hydrogens is 320 g/mol. The molecule has 0 aliphatic heterocycles. The maximum absolute atomic E-state index is 12.5. The van der Waals surface area contributed by atoms with Crippen LogP contribution in [-0.4, -0.2) is 23.3 Å². The minimum atomic E-state index is -3.87. The first-order chi connectivity index (χ1) is 10.9. The molecule has 0 bridgehead atoms. The van der Waals surface area contributed by atoms with Crippen LogP contribution in [0.1, 0.15) is 5.56 Å². The van der Waals surface area contributed by atoms with Crippen molar-refractivity contribution < 1.29 is 13.3 Å². The van der Waals surface area contributed by atoms with Crippen LogP contribution in [-0.2, 0) is 10.0 Å². The summed E-state index contributed by atoms with van der Waals surface area (Å²) in [6.07, 6.45) is 1.47. The highest BCUT2D eigenvalue weighted by atomic mass is 32.2. The number of hydrogen-bond donors (Lipinski definition) is 2. The minimum absolute atomic E-state index is 0.0480. The Labute approximate surface area is 131 Å². The van der Waals surface area contributed by atoms with Crippen molar-refractivity contribution in [3.8, 4) is 0 Å². The molecule has 3 aromatic rings. The molecule has 0 saturated carbocycles. The van der Waals surface area contributed by atoms with Crippen molar-refractivity contribution in [2.75, 3.05) is 4.72 Å². The second-order valence-corrected chi connectivity index (χ2v) is 6.60. The van der Waals surface area contributed by atoms with Gasteiger partial charge >= 0.3 is 0 Å². The summed E-state index contributed by atoms with van der Waals surface area (Å²) in [7, 11) is -3.87. The summed E-state index contributed by atoms with van der Waals surface area (Å²) in [5, 5.41) is 10.8. The van der Waals surface area contributed by atoms with Gasteiger partial charge < -0.3 is 4.98 Å². The predicted octanol–water partition coefficient (Wildman–Crippen LogP) is 2.58. The fourth-order valence-corrected chi connectivity index (χ4v) is 3.40. The van der Waals surface area contributed by atoms with E-state index >= 15 is 0 Å². The van der Waals surface area contributed by atoms with Crippen molar-refractivity contribution in [1.29, 1.82) is 0 Å². The summed E-state index contributed by atoms with van der Waals surface area (Å²) < 4.78 is 27.4. The molecule has 0 spiro atoms. The van der Waals surface area contributed by atoms with Gasteiger partial charge in [0.2, 0.25) is 0 Å². The summed E-state index contributed by atoms with van der Waals surface area (Å²) in [5.41, 5.74) is 1.67. The topological polar surface area (TPSA) is 118 Å². The molecule has 118 valence electrons. The molecule has 0 saturated heterocycles. The number of sulfonamides is 1. The predicted molar refractivity (Wildman–Crippen MR) is 84.7 cm³/mol. The van der Waals surface area contributed by atoms with Gasteiger partial charge in [-0.3, -0.25) is 14.8 Å². The van der Waals surface area contributed by atoms with Gasteiger partial charge in [-0.2, -0.15) is 0 Å². The van der Waals surface area contributed by atoms with Gasteiger partial charge in [-0.05, 0) is 31.2 Å². The van der Waals surface area contributed by atoms with Crippen molar-refractivity contribution in [1.82, 2.24) is 9.97 Å². The van der Waals surface area contributed by atoms with Crippen LogP contribution in [0.25, 0.3) is 11.0 Å². The number of hydrogen-bond acceptors (Lipinski definition) is 5. The Bertz CT molecular complexity index is 1010. The maximum Gasteiger partial charge on any atom is 0.272 e. The molecule has 0 aliphatic carbocycles. The number of imidazole rings is 1. The normalized spacial score (nSPS) is 11.5. The van der Waals surface area contributed by atoms with E-state index in [1.54, 1.807) is 18.2 Å². The molecular formula is C14H12N4O4S. The Hall–Kier alpha value is -2.94. The lowest BCUT2D eigenvalue weighted by molar-refractivity contribution is -0.385. The first-order valence-corrected chi connectivity index (χ1v) is 8.07. The number of aromatic nitrogens is 2. The summed E-state index contributed by atoms with van der Waals surface area (Å²) in [5.74, 6) is 0. The molecule has 0 fully saturated rings. The van der Waals surface area contributed by atoms with Gasteiger partial charge in [-0.15, -0.1) is 0 Å². The van der Waals surface area contributed by atoms with Crippen LogP contribution in [0.5, 0.6) is 0 Å². The van der Waals surface area contributed by atoms with Crippen LogP contribution in [0.2, 0.25) is 0 Å². The first-order valence-electron chi connectivity index (χ1n) is 6.58. The van der Waals surface area contributed by atoms with E-state index in [0.717, 1.165) is 0 Å². The van der Waals surface area contributed by atoms with E-state index in [9.17, 15) is 18.5 Å². The monoisotopic (exact) mass is 332 g/mol. The largest absolute Gasteiger partial charge is 0.345 e. The molecule has 2 N–H and O–H groups in total. The number of para-hydroxylation sites is 1. The summed E-state index contributed by atoms with van der Waals surface area (Å²) in [6, 6.07) is 8.72. The van der Waals surface area contributed by atoms with Crippen LogP contribution in [0.3, 0.4) is 0 Å². The van der Waals surface area contributed by atoms with Crippen molar-refractivity contribution in [3.05, 3.63) is 58.4 Å². The number of aryl methyl sites for hydroxylation is 1. The van der Waals surface area contributed by atoms with Gasteiger partial charge in [0.15, 0.2) is 0 Å². The molecule has 9 heteroatoms. The van der Waals surface area contributed by atoms with E-state index in [4.69, 9.17) is 0 Å². The van der Waals surface area contributed by atoms with Gasteiger partial charge in [0, 0.05) is 11.6 Å². The number of aromatic amines is 1. The third-order valence-electron chi connectivity index (χ3n) is 3.37. The zero-order valence-corrected chi connectivity index (χ0v) is 12.8. The highest BCUT2D eigenvalue weighted by Crippen LogP contribution is 2.25. The van der Waals surface area contributed by atoms with Crippen molar-refractivity contribution in [2.24, 2.45) is 0 Å². The van der Waals surface area contributed by atoms with Crippen LogP contribution in [0.15, 0.2) is 47.6 Å². The smallest absolute Gasteiger partial charge is 0.272 e. The van der Waals surface area contributed by atoms with Crippen LogP contribution in [0, 0.1) is 17.0 Å². The third-order valence-corrected chi connectivity index (χ3v) is 4.73. The van der Waals surface area contributed by atoms with E-state index in [0.29, 0.717) is 16.7 Å². The molecule has 0 aliphatic rings. The number of rotatable bonds is 4. The van der Waals surface area contributed by atoms with Crippen molar-refractivity contribution in [2.45, 2.75) is 11.8 Å². The molecule has 8 nitrogen and oxygen atoms in total. The summed E-state index contributed by atoms with van der Waals surface area (Å²) in [4.78, 5) is 17.2. The average Bonchev–Trinajstić information content (AvgIpc) is 2.96. The van der Waals surface area contributed by atoms with E-state index in [1.165, 1.54) is 31.5 Å². The summed E-state index contributed by atoms with van der Waals surface area (Å²) in [6.45, 7) is 1.49. The number of nitrogens with one attached hydrogen (secondary N) is 2. The number of benzene rings is 2. The quantitative estimate of drug-likeness (QED) is 0.562. The van der Waals surface area contributed by atoms with Crippen LogP contribution in [0.4, 0.5) is 11.4 Å². The zero-order valence-electron chi connectivity index (χ0n) is 12.0. The lowest BCUT2D eigenvalue weighted by Gasteiger charge is -2.09. The fourth-order valence-electron chi connectivity index (χ4n) is 2.25. The molecule has 0 unspecified atom stereocenters. The van der Waals surface area contributed by atoms with Crippen molar-refractivity contribution >= 4 is 32.4 Å². The van der Waals surface area contributed by atoms with Gasteiger partial charge in [0.05, 0.1) is 27.4 Å². The van der Waals surface area contributed by atoms with Gasteiger partial charge in [0.25, 0.3) is 15.7 Å². The molecule has 1 heterocycles. The average molecular weight is 332 g/mol. The van der Waals surface area contributed by atoms with E-state index < -0.39 is 14.9 Å². The molecule has 0 amide bonds. The van der Waals surface area contributed by atoms with E-state index in [1.807, 2.05) is 0 Å². The Balaban J connectivity index is 2.01. The second kappa shape index (κ2) is 5.36. The number of H-pyrrole nitrogens is 1. The number of nitrogens with zero attached hydrogens (tertiary/aromatic N) is 2. The molecule has 1 aromatic heterocycles. The maximum atomic E-state index is 12.5. The number of nitro groups is 1. The minimum Gasteiger partial charge on any atom is -0.345 e. The Morgan fingerprint density at radius 3 is 2.74 bits per heavy atom. The Morgan fingerprint density at radius 2 is 2.04 bits per heavy atom. The Kier molecular flexibility index (Phi) is 3.49. The first kappa shape index (κ1) is 15.0. The molecule has 0 radical (unpaired) electrons. The lowest BCUT2D eigenvalue weighted by Crippen LogP contribution is -2.13. The van der Waals surface area contributed by atoms with Crippen LogP contribution < -0.4 is 4.72 Å². The van der Waals surface area contributed by atoms with Crippen LogP contribution >= 0.6 is 0 Å². The summed E-state index contributed by atoms with van der Waals surface area (Å²) >= 11 is 0. The lowest BCUT2D eigenvalue weighted by atomic mass is 10.2. The fraction of sp³-hybridized carbons (Fsp3) is 0.0714. The van der Waals surface area contributed by atoms with E-state index in [-0.39, 0.29) is 16.1 Å². The van der Waals surface area contributed by atoms with Gasteiger partial charge in [0.1, 0.15) is 5.52 Å². The number of anilines is 1. The molecule has 3 rings (SSSR count). The second-order valence-electron chi connectivity index (χ2n) is 4.92. The number of fused-ring (bicyclic) bond motifs is 1. The third kappa shape index (κ3) is 2.73. The molecule has 23 heavy (non-hydrogen) atoms. The zero-order chi connectivity index (χ0) is 16.6. The Morgan fingerprint density at radius 1 is 1.26 bits per heavy atom. The van der Waals surface area contributed by atoms with Crippen molar-refractivity contribution in [3.63, 3.8) is 0 Å². The van der Waals surface area contributed by atoms with Gasteiger partial charge in [-0.25, -0.2) is 13.4 Å². The molecule has 0 atom stereocenters. The highest BCUT2D eigenvalue weighted by Gasteiger charge is 2.19. The van der Waals surface area contributed by atoms with E-state index in [2.05, 4.69) is 14.7 Å².